The molecule has 0 aromatic carbocycles. The van der Waals surface area contributed by atoms with Gasteiger partial charge in [-0.15, -0.1) is 22.7 Å². The van der Waals surface area contributed by atoms with Gasteiger partial charge < -0.3 is 9.88 Å². The van der Waals surface area contributed by atoms with Gasteiger partial charge in [-0.25, -0.2) is 4.98 Å². The molecule has 0 aliphatic heterocycles. The minimum Gasteiger partial charge on any atom is -0.324 e. The normalized spacial score (nSPS) is 15.2. The summed E-state index contributed by atoms with van der Waals surface area (Å²) in [6.45, 7) is 4.94. The summed E-state index contributed by atoms with van der Waals surface area (Å²) in [5.74, 6) is 0.816. The molecule has 1 aliphatic carbocycles. The van der Waals surface area contributed by atoms with Crippen LogP contribution in [-0.4, -0.2) is 16.5 Å². The lowest BCUT2D eigenvalue weighted by molar-refractivity contribution is -0.926. The quantitative estimate of drug-likeness (QED) is 0.744. The largest absolute Gasteiger partial charge is 0.324 e. The molecule has 1 unspecified atom stereocenters. The zero-order chi connectivity index (χ0) is 15.8. The number of aryl methyl sites for hydroxylation is 2. The summed E-state index contributed by atoms with van der Waals surface area (Å²) in [6.07, 6.45) is 3.31. The van der Waals surface area contributed by atoms with E-state index in [1.165, 1.54) is 26.6 Å². The first kappa shape index (κ1) is 15.1. The Balaban J connectivity index is 1.62. The number of quaternary nitrogens is 1. The highest BCUT2D eigenvalue weighted by atomic mass is 32.1. The number of nitrogens with zero attached hydrogens (tertiary/aromatic N) is 1. The smallest absolute Gasteiger partial charge is 0.260 e. The number of hydrogen-bond acceptors (Lipinski definition) is 4. The number of H-pyrrole nitrogens is 1. The molecule has 0 saturated heterocycles. The van der Waals surface area contributed by atoms with Crippen LogP contribution in [0.2, 0.25) is 0 Å². The molecular weight excluding hydrogens is 326 g/mol. The van der Waals surface area contributed by atoms with Gasteiger partial charge in [-0.2, -0.15) is 0 Å². The summed E-state index contributed by atoms with van der Waals surface area (Å²) in [5.41, 5.74) is 1.31. The van der Waals surface area contributed by atoms with Crippen molar-refractivity contribution in [2.24, 2.45) is 0 Å². The van der Waals surface area contributed by atoms with Crippen LogP contribution in [0, 0.1) is 0 Å². The molecule has 23 heavy (non-hydrogen) atoms. The first-order valence-corrected chi connectivity index (χ1v) is 9.83. The second-order valence-electron chi connectivity index (χ2n) is 6.09. The molecule has 4 rings (SSSR count). The van der Waals surface area contributed by atoms with Crippen molar-refractivity contribution in [2.75, 3.05) is 6.54 Å². The molecule has 0 saturated carbocycles. The fraction of sp³-hybridized carbons (Fsp3) is 0.412. The van der Waals surface area contributed by atoms with Gasteiger partial charge in [0.05, 0.1) is 16.8 Å². The first-order chi connectivity index (χ1) is 11.2. The topological polar surface area (TPSA) is 50.2 Å². The fourth-order valence-electron chi connectivity index (χ4n) is 3.34. The predicted molar refractivity (Wildman–Crippen MR) is 95.5 cm³/mol. The highest BCUT2D eigenvalue weighted by molar-refractivity contribution is 7.18. The molecule has 0 amide bonds. The summed E-state index contributed by atoms with van der Waals surface area (Å²) in [4.78, 5) is 25.4. The lowest BCUT2D eigenvalue weighted by Crippen LogP contribution is -3.09. The van der Waals surface area contributed by atoms with E-state index in [1.54, 1.807) is 22.7 Å². The highest BCUT2D eigenvalue weighted by Crippen LogP contribution is 2.34. The van der Waals surface area contributed by atoms with Gasteiger partial charge in [0.1, 0.15) is 17.9 Å². The molecule has 0 bridgehead atoms. The third kappa shape index (κ3) is 2.86. The van der Waals surface area contributed by atoms with E-state index < -0.39 is 0 Å². The maximum atomic E-state index is 12.5. The number of aromatic nitrogens is 2. The Morgan fingerprint density at radius 1 is 1.35 bits per heavy atom. The van der Waals surface area contributed by atoms with Crippen molar-refractivity contribution in [1.29, 1.82) is 0 Å². The maximum absolute atomic E-state index is 12.5. The summed E-state index contributed by atoms with van der Waals surface area (Å²) in [5, 5.41) is 2.96. The van der Waals surface area contributed by atoms with Crippen LogP contribution >= 0.6 is 22.7 Å². The Hall–Kier alpha value is -1.50. The third-order valence-electron chi connectivity index (χ3n) is 4.55. The SMILES string of the molecule is CC[NH+](Cc1nc2sc3c(c2c(=O)[nH]1)CCC3)Cc1cccs1. The summed E-state index contributed by atoms with van der Waals surface area (Å²) >= 11 is 3.50. The van der Waals surface area contributed by atoms with Crippen molar-refractivity contribution < 1.29 is 4.90 Å². The molecule has 3 aromatic rings. The van der Waals surface area contributed by atoms with Gasteiger partial charge in [-0.05, 0) is 43.2 Å². The van der Waals surface area contributed by atoms with Crippen LogP contribution in [0.15, 0.2) is 22.3 Å². The van der Waals surface area contributed by atoms with Crippen LogP contribution in [0.25, 0.3) is 10.2 Å². The van der Waals surface area contributed by atoms with Crippen molar-refractivity contribution in [1.82, 2.24) is 9.97 Å². The van der Waals surface area contributed by atoms with Crippen LogP contribution in [-0.2, 0) is 25.9 Å². The minimum atomic E-state index is 0.0518. The van der Waals surface area contributed by atoms with E-state index in [1.807, 2.05) is 0 Å². The van der Waals surface area contributed by atoms with E-state index >= 15 is 0 Å². The third-order valence-corrected chi connectivity index (χ3v) is 6.61. The highest BCUT2D eigenvalue weighted by Gasteiger charge is 2.22. The molecule has 0 fully saturated rings. The molecule has 0 spiro atoms. The van der Waals surface area contributed by atoms with Gasteiger partial charge >= 0.3 is 0 Å². The number of nitrogens with one attached hydrogen (secondary N) is 2. The fourth-order valence-corrected chi connectivity index (χ4v) is 5.40. The second-order valence-corrected chi connectivity index (χ2v) is 8.20. The molecule has 0 radical (unpaired) electrons. The van der Waals surface area contributed by atoms with Crippen molar-refractivity contribution >= 4 is 32.9 Å². The predicted octanol–water partition coefficient (Wildman–Crippen LogP) is 2.14. The molecule has 4 nitrogen and oxygen atoms in total. The number of fused-ring (bicyclic) bond motifs is 3. The zero-order valence-corrected chi connectivity index (χ0v) is 14.8. The van der Waals surface area contributed by atoms with E-state index in [-0.39, 0.29) is 5.56 Å². The van der Waals surface area contributed by atoms with Crippen molar-refractivity contribution in [3.63, 3.8) is 0 Å². The van der Waals surface area contributed by atoms with Gasteiger partial charge in [0.2, 0.25) is 0 Å². The Labute approximate surface area is 142 Å². The van der Waals surface area contributed by atoms with E-state index in [0.717, 1.165) is 48.5 Å². The van der Waals surface area contributed by atoms with Crippen LogP contribution in [0.4, 0.5) is 0 Å². The van der Waals surface area contributed by atoms with Crippen molar-refractivity contribution in [3.05, 3.63) is 49.0 Å². The van der Waals surface area contributed by atoms with Gasteiger partial charge in [-0.1, -0.05) is 6.07 Å². The summed E-state index contributed by atoms with van der Waals surface area (Å²) < 4.78 is 0. The molecule has 3 heterocycles. The zero-order valence-electron chi connectivity index (χ0n) is 13.1. The average Bonchev–Trinajstić information content (AvgIpc) is 3.22. The van der Waals surface area contributed by atoms with Crippen LogP contribution in [0.3, 0.4) is 0 Å². The first-order valence-electron chi connectivity index (χ1n) is 8.14. The summed E-state index contributed by atoms with van der Waals surface area (Å²) in [7, 11) is 0. The van der Waals surface area contributed by atoms with Crippen LogP contribution < -0.4 is 10.5 Å². The van der Waals surface area contributed by atoms with Crippen LogP contribution in [0.1, 0.15) is 34.5 Å². The number of aromatic amines is 1. The number of thiophene rings is 2. The lowest BCUT2D eigenvalue weighted by Gasteiger charge is -2.16. The van der Waals surface area contributed by atoms with Crippen molar-refractivity contribution in [2.45, 2.75) is 39.3 Å². The van der Waals surface area contributed by atoms with Gasteiger partial charge in [0, 0.05) is 4.88 Å². The maximum Gasteiger partial charge on any atom is 0.260 e. The van der Waals surface area contributed by atoms with Crippen LogP contribution in [0.5, 0.6) is 0 Å². The Bertz CT molecular complexity index is 879. The minimum absolute atomic E-state index is 0.0518. The van der Waals surface area contributed by atoms with Gasteiger partial charge in [-0.3, -0.25) is 4.79 Å². The summed E-state index contributed by atoms with van der Waals surface area (Å²) in [6, 6.07) is 4.26. The lowest BCUT2D eigenvalue weighted by atomic mass is 10.2. The molecule has 3 aromatic heterocycles. The Morgan fingerprint density at radius 2 is 2.26 bits per heavy atom. The monoisotopic (exact) mass is 346 g/mol. The van der Waals surface area contributed by atoms with Gasteiger partial charge in [0.15, 0.2) is 5.82 Å². The molecule has 120 valence electrons. The van der Waals surface area contributed by atoms with E-state index in [9.17, 15) is 4.79 Å². The number of hydrogen-bond donors (Lipinski definition) is 2. The molecule has 2 N–H and O–H groups in total. The average molecular weight is 347 g/mol. The molecule has 6 heteroatoms. The molecule has 1 atom stereocenters. The standard InChI is InChI=1S/C17H19N3OS2/c1-2-20(9-11-5-4-8-22-11)10-14-18-16(21)15-12-6-3-7-13(12)23-17(15)19-14/h4-5,8H,2-3,6-7,9-10H2,1H3,(H,18,19,21)/p+1. The Kier molecular flexibility index (Phi) is 4.05. The van der Waals surface area contributed by atoms with E-state index in [4.69, 9.17) is 4.98 Å². The number of rotatable bonds is 5. The van der Waals surface area contributed by atoms with Crippen molar-refractivity contribution in [3.8, 4) is 0 Å². The molecule has 1 aliphatic rings. The van der Waals surface area contributed by atoms with E-state index in [2.05, 4.69) is 29.4 Å². The molecular formula is C17H20N3OS2+. The van der Waals surface area contributed by atoms with Gasteiger partial charge in [0.25, 0.3) is 5.56 Å². The second kappa shape index (κ2) is 6.19. The van der Waals surface area contributed by atoms with E-state index in [0.29, 0.717) is 0 Å². The Morgan fingerprint density at radius 3 is 3.04 bits per heavy atom.